The minimum atomic E-state index is -0.173. The van der Waals surface area contributed by atoms with Gasteiger partial charge in [-0.15, -0.1) is 0 Å². The molecule has 2 aromatic rings. The van der Waals surface area contributed by atoms with Crippen molar-refractivity contribution in [2.75, 3.05) is 11.9 Å². The lowest BCUT2D eigenvalue weighted by molar-refractivity contribution is 0.631. The van der Waals surface area contributed by atoms with Crippen molar-refractivity contribution in [3.05, 3.63) is 52.3 Å². The first-order valence-corrected chi connectivity index (χ1v) is 6.36. The molecule has 1 nitrogen and oxygen atoms in total. The molecule has 17 heavy (non-hydrogen) atoms. The van der Waals surface area contributed by atoms with E-state index in [0.29, 0.717) is 5.56 Å². The predicted octanol–water partition coefficient (Wildman–Crippen LogP) is 4.22. The standard InChI is InChI=1S/C14H11BrFN/c15-9-4-5-13(16)12(8-9)10-2-1-3-14-11(10)6-7-17-14/h1-5,8,17H,6-7H2. The van der Waals surface area contributed by atoms with Gasteiger partial charge in [0, 0.05) is 22.3 Å². The Morgan fingerprint density at radius 2 is 2.00 bits per heavy atom. The van der Waals surface area contributed by atoms with Crippen molar-refractivity contribution in [1.82, 2.24) is 0 Å². The second-order valence-corrected chi connectivity index (χ2v) is 5.05. The molecule has 0 unspecified atom stereocenters. The van der Waals surface area contributed by atoms with Crippen molar-refractivity contribution in [3.8, 4) is 11.1 Å². The second kappa shape index (κ2) is 4.15. The number of benzene rings is 2. The molecular weight excluding hydrogens is 281 g/mol. The van der Waals surface area contributed by atoms with Gasteiger partial charge >= 0.3 is 0 Å². The normalized spacial score (nSPS) is 13.3. The van der Waals surface area contributed by atoms with Crippen LogP contribution in [0.1, 0.15) is 5.56 Å². The molecule has 3 heteroatoms. The highest BCUT2D eigenvalue weighted by Crippen LogP contribution is 2.35. The van der Waals surface area contributed by atoms with E-state index in [4.69, 9.17) is 0 Å². The molecule has 1 heterocycles. The Morgan fingerprint density at radius 1 is 1.12 bits per heavy atom. The Labute approximate surface area is 108 Å². The summed E-state index contributed by atoms with van der Waals surface area (Å²) in [7, 11) is 0. The van der Waals surface area contributed by atoms with Crippen LogP contribution in [0.5, 0.6) is 0 Å². The fourth-order valence-corrected chi connectivity index (χ4v) is 2.66. The first kappa shape index (κ1) is 10.8. The Morgan fingerprint density at radius 3 is 2.88 bits per heavy atom. The third kappa shape index (κ3) is 1.84. The summed E-state index contributed by atoms with van der Waals surface area (Å²) in [5.41, 5.74) is 4.00. The summed E-state index contributed by atoms with van der Waals surface area (Å²) in [6, 6.07) is 11.1. The van der Waals surface area contributed by atoms with Gasteiger partial charge < -0.3 is 5.32 Å². The summed E-state index contributed by atoms with van der Waals surface area (Å²) in [6.45, 7) is 0.933. The van der Waals surface area contributed by atoms with Crippen LogP contribution in [-0.2, 0) is 6.42 Å². The Bertz CT molecular complexity index is 580. The number of halogens is 2. The van der Waals surface area contributed by atoms with Crippen molar-refractivity contribution < 1.29 is 4.39 Å². The van der Waals surface area contributed by atoms with Gasteiger partial charge in [-0.05, 0) is 41.8 Å². The molecule has 86 valence electrons. The Kier molecular flexibility index (Phi) is 2.63. The lowest BCUT2D eigenvalue weighted by Gasteiger charge is -2.09. The molecule has 1 N–H and O–H groups in total. The van der Waals surface area contributed by atoms with E-state index in [-0.39, 0.29) is 5.82 Å². The monoisotopic (exact) mass is 291 g/mol. The highest BCUT2D eigenvalue weighted by Gasteiger charge is 2.16. The lowest BCUT2D eigenvalue weighted by Crippen LogP contribution is -1.90. The van der Waals surface area contributed by atoms with E-state index < -0.39 is 0 Å². The molecule has 0 fully saturated rings. The van der Waals surface area contributed by atoms with Crippen LogP contribution in [0.3, 0.4) is 0 Å². The molecule has 0 saturated heterocycles. The van der Waals surface area contributed by atoms with Crippen molar-refractivity contribution >= 4 is 21.6 Å². The minimum Gasteiger partial charge on any atom is -0.384 e. The van der Waals surface area contributed by atoms with E-state index in [1.54, 1.807) is 6.07 Å². The summed E-state index contributed by atoms with van der Waals surface area (Å²) in [5.74, 6) is -0.173. The molecule has 0 atom stereocenters. The molecule has 1 aliphatic rings. The maximum absolute atomic E-state index is 13.9. The molecule has 0 bridgehead atoms. The molecule has 0 aromatic heterocycles. The number of nitrogens with one attached hydrogen (secondary N) is 1. The first-order valence-electron chi connectivity index (χ1n) is 5.57. The zero-order valence-electron chi connectivity index (χ0n) is 9.13. The van der Waals surface area contributed by atoms with Crippen molar-refractivity contribution in [2.45, 2.75) is 6.42 Å². The van der Waals surface area contributed by atoms with Gasteiger partial charge in [0.15, 0.2) is 0 Å². The maximum Gasteiger partial charge on any atom is 0.131 e. The zero-order chi connectivity index (χ0) is 11.8. The summed E-state index contributed by atoms with van der Waals surface area (Å²) < 4.78 is 14.8. The van der Waals surface area contributed by atoms with E-state index in [9.17, 15) is 4.39 Å². The Hall–Kier alpha value is -1.35. The Balaban J connectivity index is 2.22. The second-order valence-electron chi connectivity index (χ2n) is 4.13. The number of rotatable bonds is 1. The van der Waals surface area contributed by atoms with Crippen LogP contribution in [0.2, 0.25) is 0 Å². The smallest absolute Gasteiger partial charge is 0.131 e. The van der Waals surface area contributed by atoms with E-state index in [1.807, 2.05) is 24.3 Å². The fourth-order valence-electron chi connectivity index (χ4n) is 2.30. The summed E-state index contributed by atoms with van der Waals surface area (Å²) >= 11 is 3.39. The van der Waals surface area contributed by atoms with Gasteiger partial charge in [-0.2, -0.15) is 0 Å². The topological polar surface area (TPSA) is 12.0 Å². The van der Waals surface area contributed by atoms with Crippen LogP contribution in [0.25, 0.3) is 11.1 Å². The van der Waals surface area contributed by atoms with E-state index in [1.165, 1.54) is 11.6 Å². The van der Waals surface area contributed by atoms with Gasteiger partial charge in [-0.1, -0.05) is 28.1 Å². The van der Waals surface area contributed by atoms with Crippen LogP contribution in [0, 0.1) is 5.82 Å². The van der Waals surface area contributed by atoms with Gasteiger partial charge in [0.25, 0.3) is 0 Å². The molecular formula is C14H11BrFN. The van der Waals surface area contributed by atoms with Crippen molar-refractivity contribution in [1.29, 1.82) is 0 Å². The van der Waals surface area contributed by atoms with Crippen LogP contribution in [0.4, 0.5) is 10.1 Å². The van der Waals surface area contributed by atoms with Gasteiger partial charge in [-0.3, -0.25) is 0 Å². The molecule has 0 radical (unpaired) electrons. The molecule has 1 aliphatic heterocycles. The fraction of sp³-hybridized carbons (Fsp3) is 0.143. The van der Waals surface area contributed by atoms with Crippen molar-refractivity contribution in [2.24, 2.45) is 0 Å². The van der Waals surface area contributed by atoms with Gasteiger partial charge in [0.1, 0.15) is 5.82 Å². The van der Waals surface area contributed by atoms with Gasteiger partial charge in [-0.25, -0.2) is 4.39 Å². The van der Waals surface area contributed by atoms with Crippen LogP contribution in [0.15, 0.2) is 40.9 Å². The average Bonchev–Trinajstić information content (AvgIpc) is 2.80. The zero-order valence-corrected chi connectivity index (χ0v) is 10.7. The number of fused-ring (bicyclic) bond motifs is 1. The summed E-state index contributed by atoms with van der Waals surface area (Å²) in [4.78, 5) is 0. The van der Waals surface area contributed by atoms with E-state index in [0.717, 1.165) is 28.7 Å². The number of anilines is 1. The number of hydrogen-bond acceptors (Lipinski definition) is 1. The summed E-state index contributed by atoms with van der Waals surface area (Å²) in [5, 5.41) is 3.31. The molecule has 0 amide bonds. The van der Waals surface area contributed by atoms with Crippen LogP contribution >= 0.6 is 15.9 Å². The highest BCUT2D eigenvalue weighted by molar-refractivity contribution is 9.10. The van der Waals surface area contributed by atoms with E-state index in [2.05, 4.69) is 21.2 Å². The van der Waals surface area contributed by atoms with Crippen LogP contribution in [-0.4, -0.2) is 6.54 Å². The summed E-state index contributed by atoms with van der Waals surface area (Å²) in [6.07, 6.45) is 0.956. The molecule has 0 saturated carbocycles. The minimum absolute atomic E-state index is 0.173. The molecule has 2 aromatic carbocycles. The third-order valence-electron chi connectivity index (χ3n) is 3.09. The third-order valence-corrected chi connectivity index (χ3v) is 3.58. The number of hydrogen-bond donors (Lipinski definition) is 1. The van der Waals surface area contributed by atoms with Gasteiger partial charge in [0.2, 0.25) is 0 Å². The SMILES string of the molecule is Fc1ccc(Br)cc1-c1cccc2c1CCN2. The molecule has 3 rings (SSSR count). The largest absolute Gasteiger partial charge is 0.384 e. The van der Waals surface area contributed by atoms with Crippen molar-refractivity contribution in [3.63, 3.8) is 0 Å². The average molecular weight is 292 g/mol. The first-order chi connectivity index (χ1) is 8.25. The predicted molar refractivity (Wildman–Crippen MR) is 71.7 cm³/mol. The van der Waals surface area contributed by atoms with E-state index >= 15 is 0 Å². The maximum atomic E-state index is 13.9. The lowest BCUT2D eigenvalue weighted by atomic mass is 9.97. The molecule has 0 aliphatic carbocycles. The molecule has 0 spiro atoms. The van der Waals surface area contributed by atoms with Crippen LogP contribution < -0.4 is 5.32 Å². The highest BCUT2D eigenvalue weighted by atomic mass is 79.9. The van der Waals surface area contributed by atoms with Gasteiger partial charge in [0.05, 0.1) is 0 Å². The quantitative estimate of drug-likeness (QED) is 0.829.